The van der Waals surface area contributed by atoms with Crippen molar-refractivity contribution in [3.05, 3.63) is 39.4 Å². The van der Waals surface area contributed by atoms with E-state index in [1.54, 1.807) is 0 Å². The molecule has 0 bridgehead atoms. The first kappa shape index (κ1) is 13.0. The van der Waals surface area contributed by atoms with Crippen molar-refractivity contribution in [1.29, 1.82) is 0 Å². The number of carbonyl (C=O) groups excluding carboxylic acids is 1. The number of non-ortho nitro benzene ring substituents is 1. The van der Waals surface area contributed by atoms with Crippen molar-refractivity contribution in [2.75, 3.05) is 0 Å². The fourth-order valence-corrected chi connectivity index (χ4v) is 1.75. The molecule has 2 N–H and O–H groups in total. The highest BCUT2D eigenvalue weighted by molar-refractivity contribution is 5.98. The van der Waals surface area contributed by atoms with Crippen molar-refractivity contribution in [1.82, 2.24) is 5.32 Å². The molecule has 1 fully saturated rings. The molecule has 0 aromatic heterocycles. The van der Waals surface area contributed by atoms with Crippen LogP contribution in [0, 0.1) is 16.0 Å². The minimum atomic E-state index is -1.31. The van der Waals surface area contributed by atoms with Crippen LogP contribution in [0.15, 0.2) is 18.2 Å². The summed E-state index contributed by atoms with van der Waals surface area (Å²) in [5.41, 5.74) is -0.692. The van der Waals surface area contributed by atoms with E-state index < -0.39 is 22.5 Å². The van der Waals surface area contributed by atoms with Gasteiger partial charge in [-0.15, -0.1) is 0 Å². The average molecular weight is 264 g/mol. The number of nitrogens with one attached hydrogen (secondary N) is 1. The quantitative estimate of drug-likeness (QED) is 0.631. The Kier molecular flexibility index (Phi) is 3.20. The second-order valence-corrected chi connectivity index (χ2v) is 4.62. The Labute approximate surface area is 108 Å². The lowest BCUT2D eigenvalue weighted by Crippen LogP contribution is -2.26. The van der Waals surface area contributed by atoms with Gasteiger partial charge >= 0.3 is 5.97 Å². The van der Waals surface area contributed by atoms with Crippen LogP contribution in [0.2, 0.25) is 0 Å². The largest absolute Gasteiger partial charge is 0.478 e. The molecule has 1 aliphatic rings. The van der Waals surface area contributed by atoms with Gasteiger partial charge < -0.3 is 10.4 Å². The summed E-state index contributed by atoms with van der Waals surface area (Å²) in [5.74, 6) is -1.40. The SMILES string of the molecule is CC1CC1NC(=O)c1cc(C(=O)O)cc([N+](=O)[O-])c1. The van der Waals surface area contributed by atoms with Crippen molar-refractivity contribution in [3.8, 4) is 0 Å². The van der Waals surface area contributed by atoms with Crippen LogP contribution < -0.4 is 5.32 Å². The van der Waals surface area contributed by atoms with E-state index in [9.17, 15) is 19.7 Å². The maximum Gasteiger partial charge on any atom is 0.335 e. The normalized spacial score (nSPS) is 20.7. The fourth-order valence-electron chi connectivity index (χ4n) is 1.75. The monoisotopic (exact) mass is 264 g/mol. The smallest absolute Gasteiger partial charge is 0.335 e. The van der Waals surface area contributed by atoms with Crippen molar-refractivity contribution in [3.63, 3.8) is 0 Å². The number of amides is 1. The lowest BCUT2D eigenvalue weighted by Gasteiger charge is -2.05. The number of nitro groups is 1. The number of carboxylic acid groups (broad SMARTS) is 1. The number of hydrogen-bond acceptors (Lipinski definition) is 4. The third-order valence-corrected chi connectivity index (χ3v) is 3.06. The predicted octanol–water partition coefficient (Wildman–Crippen LogP) is 1.43. The van der Waals surface area contributed by atoms with Gasteiger partial charge in [0.25, 0.3) is 11.6 Å². The van der Waals surface area contributed by atoms with E-state index in [-0.39, 0.29) is 17.2 Å². The molecule has 1 aromatic carbocycles. The summed E-state index contributed by atoms with van der Waals surface area (Å²) in [7, 11) is 0. The van der Waals surface area contributed by atoms with Crippen LogP contribution in [-0.2, 0) is 0 Å². The van der Waals surface area contributed by atoms with Gasteiger partial charge in [-0.3, -0.25) is 14.9 Å². The standard InChI is InChI=1S/C12H12N2O5/c1-6-2-10(6)13-11(15)7-3-8(12(16)17)5-9(4-7)14(18)19/h3-6,10H,2H2,1H3,(H,13,15)(H,16,17). The highest BCUT2D eigenvalue weighted by Crippen LogP contribution is 2.29. The Morgan fingerprint density at radius 3 is 2.42 bits per heavy atom. The van der Waals surface area contributed by atoms with Crippen molar-refractivity contribution in [2.45, 2.75) is 19.4 Å². The molecule has 2 unspecified atom stereocenters. The maximum atomic E-state index is 11.9. The van der Waals surface area contributed by atoms with Crippen LogP contribution in [0.5, 0.6) is 0 Å². The minimum absolute atomic E-state index is 0.00861. The third kappa shape index (κ3) is 2.87. The number of carboxylic acids is 1. The summed E-state index contributed by atoms with van der Waals surface area (Å²) in [5, 5.41) is 22.3. The van der Waals surface area contributed by atoms with E-state index in [4.69, 9.17) is 5.11 Å². The Morgan fingerprint density at radius 1 is 1.37 bits per heavy atom. The highest BCUT2D eigenvalue weighted by Gasteiger charge is 2.34. The topological polar surface area (TPSA) is 110 Å². The zero-order chi connectivity index (χ0) is 14.2. The number of benzene rings is 1. The van der Waals surface area contributed by atoms with Crippen molar-refractivity contribution < 1.29 is 19.6 Å². The highest BCUT2D eigenvalue weighted by atomic mass is 16.6. The summed E-state index contributed by atoms with van der Waals surface area (Å²) in [6, 6.07) is 3.21. The Balaban J connectivity index is 2.30. The Hall–Kier alpha value is -2.44. The number of rotatable bonds is 4. The van der Waals surface area contributed by atoms with Gasteiger partial charge in [-0.2, -0.15) is 0 Å². The van der Waals surface area contributed by atoms with Crippen molar-refractivity contribution in [2.24, 2.45) is 5.92 Å². The van der Waals surface area contributed by atoms with Gasteiger partial charge in [0.1, 0.15) is 0 Å². The van der Waals surface area contributed by atoms with Crippen LogP contribution >= 0.6 is 0 Å². The van der Waals surface area contributed by atoms with E-state index in [1.165, 1.54) is 0 Å². The molecule has 19 heavy (non-hydrogen) atoms. The van der Waals surface area contributed by atoms with E-state index >= 15 is 0 Å². The number of hydrogen-bond donors (Lipinski definition) is 2. The minimum Gasteiger partial charge on any atom is -0.478 e. The summed E-state index contributed by atoms with van der Waals surface area (Å²) >= 11 is 0. The number of nitrogens with zero attached hydrogens (tertiary/aromatic N) is 1. The molecule has 0 spiro atoms. The van der Waals surface area contributed by atoms with E-state index in [1.807, 2.05) is 6.92 Å². The van der Waals surface area contributed by atoms with E-state index in [0.717, 1.165) is 24.6 Å². The fraction of sp³-hybridized carbons (Fsp3) is 0.333. The predicted molar refractivity (Wildman–Crippen MR) is 65.1 cm³/mol. The molecule has 2 rings (SSSR count). The first-order valence-electron chi connectivity index (χ1n) is 5.72. The summed E-state index contributed by atoms with van der Waals surface area (Å²) in [4.78, 5) is 32.7. The molecular weight excluding hydrogens is 252 g/mol. The molecular formula is C12H12N2O5. The molecule has 0 heterocycles. The molecule has 2 atom stereocenters. The lowest BCUT2D eigenvalue weighted by atomic mass is 10.1. The molecule has 100 valence electrons. The van der Waals surface area contributed by atoms with Gasteiger partial charge in [-0.25, -0.2) is 4.79 Å². The second-order valence-electron chi connectivity index (χ2n) is 4.62. The van der Waals surface area contributed by atoms with Gasteiger partial charge in [0, 0.05) is 23.7 Å². The summed E-state index contributed by atoms with van der Waals surface area (Å²) in [6.45, 7) is 1.97. The second kappa shape index (κ2) is 4.68. The van der Waals surface area contributed by atoms with Crippen LogP contribution in [-0.4, -0.2) is 27.9 Å². The molecule has 1 aromatic rings. The molecule has 0 saturated heterocycles. The molecule has 1 saturated carbocycles. The Morgan fingerprint density at radius 2 is 1.95 bits per heavy atom. The maximum absolute atomic E-state index is 11.9. The molecule has 7 nitrogen and oxygen atoms in total. The number of nitro benzene ring substituents is 1. The van der Waals surface area contributed by atoms with Gasteiger partial charge in [-0.1, -0.05) is 6.92 Å². The zero-order valence-corrected chi connectivity index (χ0v) is 10.1. The van der Waals surface area contributed by atoms with E-state index in [2.05, 4.69) is 5.32 Å². The number of carbonyl (C=O) groups is 2. The third-order valence-electron chi connectivity index (χ3n) is 3.06. The van der Waals surface area contributed by atoms with Crippen LogP contribution in [0.4, 0.5) is 5.69 Å². The molecule has 1 aliphatic carbocycles. The lowest BCUT2D eigenvalue weighted by molar-refractivity contribution is -0.384. The first-order chi connectivity index (χ1) is 8.88. The number of aromatic carboxylic acids is 1. The Bertz CT molecular complexity index is 537. The average Bonchev–Trinajstić information content (AvgIpc) is 3.04. The van der Waals surface area contributed by atoms with Crippen LogP contribution in [0.3, 0.4) is 0 Å². The molecule has 1 amide bonds. The van der Waals surface area contributed by atoms with Crippen LogP contribution in [0.25, 0.3) is 0 Å². The summed E-state index contributed by atoms with van der Waals surface area (Å²) in [6.07, 6.45) is 0.868. The summed E-state index contributed by atoms with van der Waals surface area (Å²) < 4.78 is 0. The van der Waals surface area contributed by atoms with Crippen molar-refractivity contribution >= 4 is 17.6 Å². The van der Waals surface area contributed by atoms with Gasteiger partial charge in [0.2, 0.25) is 0 Å². The van der Waals surface area contributed by atoms with E-state index in [0.29, 0.717) is 5.92 Å². The first-order valence-corrected chi connectivity index (χ1v) is 5.72. The van der Waals surface area contributed by atoms with Crippen LogP contribution in [0.1, 0.15) is 34.1 Å². The van der Waals surface area contributed by atoms with Gasteiger partial charge in [0.05, 0.1) is 10.5 Å². The molecule has 7 heteroatoms. The molecule has 0 aliphatic heterocycles. The van der Waals surface area contributed by atoms with Gasteiger partial charge in [0.15, 0.2) is 0 Å². The molecule has 0 radical (unpaired) electrons. The van der Waals surface area contributed by atoms with Gasteiger partial charge in [-0.05, 0) is 18.4 Å². The zero-order valence-electron chi connectivity index (χ0n) is 10.1.